The minimum Gasteiger partial charge on any atom is -0.466 e. The number of aromatic amines is 1. The van der Waals surface area contributed by atoms with E-state index in [0.29, 0.717) is 34.4 Å². The van der Waals surface area contributed by atoms with E-state index in [-0.39, 0.29) is 40.2 Å². The molecule has 0 aliphatic rings. The quantitative estimate of drug-likeness (QED) is 0.105. The van der Waals surface area contributed by atoms with Crippen LogP contribution in [0.5, 0.6) is 0 Å². The molecule has 2 aromatic heterocycles. The van der Waals surface area contributed by atoms with Crippen LogP contribution in [0, 0.1) is 0 Å². The van der Waals surface area contributed by atoms with Crippen LogP contribution in [0.15, 0.2) is 12.1 Å². The number of hydrogen-bond acceptors (Lipinski definition) is 5. The average Bonchev–Trinajstić information content (AvgIpc) is 3.48. The fourth-order valence-corrected chi connectivity index (χ4v) is 6.01. The largest absolute Gasteiger partial charge is 0.466 e. The Labute approximate surface area is 270 Å². The summed E-state index contributed by atoms with van der Waals surface area (Å²) in [5.41, 5.74) is 1.89. The number of aromatic nitrogens is 4. The predicted octanol–water partition coefficient (Wildman–Crippen LogP) is 9.95. The summed E-state index contributed by atoms with van der Waals surface area (Å²) < 4.78 is 6.73. The fraction of sp³-hybridized carbons (Fsp3) is 0.625. The molecule has 3 rings (SSSR count). The number of ether oxygens (including phenoxy) is 1. The number of nitrogens with one attached hydrogen (secondary N) is 2. The Morgan fingerprint density at radius 1 is 0.860 bits per heavy atom. The molecule has 0 saturated carbocycles. The van der Waals surface area contributed by atoms with E-state index in [1.54, 1.807) is 12.1 Å². The van der Waals surface area contributed by atoms with E-state index < -0.39 is 0 Å². The number of rotatable bonds is 18. The first kappa shape index (κ1) is 35.2. The third kappa shape index (κ3) is 11.0. The second-order valence-corrected chi connectivity index (χ2v) is 13.4. The van der Waals surface area contributed by atoms with Gasteiger partial charge in [0.05, 0.1) is 34.3 Å². The number of amides is 1. The molecule has 0 fully saturated rings. The SMILES string of the molecule is CCCCCCCCCCCCCCOC(=O)CCC(=O)Nc1cc(Cl)c(-c2nn3nc(C(C)(C)C)c(Cl)c3[nH]2)c(Cl)c1. The minimum atomic E-state index is -0.374. The summed E-state index contributed by atoms with van der Waals surface area (Å²) in [6.07, 6.45) is 15.0. The summed E-state index contributed by atoms with van der Waals surface area (Å²) >= 11 is 19.6. The molecule has 2 N–H and O–H groups in total. The highest BCUT2D eigenvalue weighted by molar-refractivity contribution is 6.39. The van der Waals surface area contributed by atoms with Gasteiger partial charge in [-0.2, -0.15) is 5.10 Å². The van der Waals surface area contributed by atoms with E-state index >= 15 is 0 Å². The molecular weight excluding hydrogens is 609 g/mol. The van der Waals surface area contributed by atoms with Crippen LogP contribution >= 0.6 is 34.8 Å². The number of halogens is 3. The molecule has 0 saturated heterocycles. The normalized spacial score (nSPS) is 11.8. The molecule has 238 valence electrons. The number of hydrogen-bond donors (Lipinski definition) is 2. The molecule has 0 aliphatic heterocycles. The Hall–Kier alpha value is -2.29. The Kier molecular flexibility index (Phi) is 14.1. The van der Waals surface area contributed by atoms with Crippen LogP contribution in [0.3, 0.4) is 0 Å². The first-order valence-electron chi connectivity index (χ1n) is 15.6. The van der Waals surface area contributed by atoms with Crippen LogP contribution in [0.2, 0.25) is 15.1 Å². The van der Waals surface area contributed by atoms with E-state index in [4.69, 9.17) is 39.5 Å². The zero-order valence-corrected chi connectivity index (χ0v) is 28.2. The Bertz CT molecular complexity index is 1320. The molecule has 0 aliphatic carbocycles. The lowest BCUT2D eigenvalue weighted by Gasteiger charge is -2.14. The molecule has 0 atom stereocenters. The minimum absolute atomic E-state index is 0.00173. The summed E-state index contributed by atoms with van der Waals surface area (Å²) in [6, 6.07) is 3.17. The van der Waals surface area contributed by atoms with Crippen molar-refractivity contribution >= 4 is 58.0 Å². The first-order chi connectivity index (χ1) is 20.5. The van der Waals surface area contributed by atoms with Gasteiger partial charge in [0, 0.05) is 17.5 Å². The highest BCUT2D eigenvalue weighted by Gasteiger charge is 2.26. The number of H-pyrrole nitrogens is 1. The summed E-state index contributed by atoms with van der Waals surface area (Å²) in [4.78, 5) is 27.7. The number of carbonyl (C=O) groups excluding carboxylic acids is 2. The van der Waals surface area contributed by atoms with Gasteiger partial charge < -0.3 is 15.0 Å². The number of nitrogens with zero attached hydrogens (tertiary/aromatic N) is 3. The first-order valence-corrected chi connectivity index (χ1v) is 16.7. The smallest absolute Gasteiger partial charge is 0.306 e. The molecule has 0 spiro atoms. The van der Waals surface area contributed by atoms with E-state index in [2.05, 4.69) is 27.4 Å². The molecule has 1 amide bonds. The summed E-state index contributed by atoms with van der Waals surface area (Å²) in [5.74, 6) is -0.311. The molecule has 0 bridgehead atoms. The zero-order chi connectivity index (χ0) is 31.4. The Morgan fingerprint density at radius 2 is 1.42 bits per heavy atom. The van der Waals surface area contributed by atoms with Gasteiger partial charge in [0.1, 0.15) is 5.02 Å². The predicted molar refractivity (Wildman–Crippen MR) is 176 cm³/mol. The highest BCUT2D eigenvalue weighted by atomic mass is 35.5. The van der Waals surface area contributed by atoms with E-state index in [0.717, 1.165) is 18.5 Å². The van der Waals surface area contributed by atoms with Crippen molar-refractivity contribution in [3.63, 3.8) is 0 Å². The number of unbranched alkanes of at least 4 members (excludes halogenated alkanes) is 11. The van der Waals surface area contributed by atoms with E-state index in [1.165, 1.54) is 68.8 Å². The maximum absolute atomic E-state index is 12.5. The van der Waals surface area contributed by atoms with Gasteiger partial charge in [-0.1, -0.05) is 133 Å². The Balaban J connectivity index is 1.35. The van der Waals surface area contributed by atoms with Gasteiger partial charge in [-0.25, -0.2) is 0 Å². The zero-order valence-electron chi connectivity index (χ0n) is 26.0. The van der Waals surface area contributed by atoms with Crippen molar-refractivity contribution in [2.24, 2.45) is 0 Å². The van der Waals surface area contributed by atoms with Crippen LogP contribution in [-0.2, 0) is 19.7 Å². The number of carbonyl (C=O) groups is 2. The van der Waals surface area contributed by atoms with Crippen molar-refractivity contribution < 1.29 is 14.3 Å². The molecule has 1 aromatic carbocycles. The monoisotopic (exact) mass is 653 g/mol. The van der Waals surface area contributed by atoms with Crippen molar-refractivity contribution in [3.05, 3.63) is 32.9 Å². The van der Waals surface area contributed by atoms with Crippen molar-refractivity contribution in [3.8, 4) is 11.4 Å². The molecule has 3 aromatic rings. The van der Waals surface area contributed by atoms with Crippen LogP contribution in [-0.4, -0.2) is 38.3 Å². The van der Waals surface area contributed by atoms with Gasteiger partial charge in [0.25, 0.3) is 0 Å². The third-order valence-electron chi connectivity index (χ3n) is 7.33. The molecule has 11 heteroatoms. The lowest BCUT2D eigenvalue weighted by molar-refractivity contribution is -0.144. The fourth-order valence-electron chi connectivity index (χ4n) is 4.90. The number of esters is 1. The second kappa shape index (κ2) is 17.3. The molecule has 2 heterocycles. The van der Waals surface area contributed by atoms with Crippen molar-refractivity contribution in [1.82, 2.24) is 19.8 Å². The van der Waals surface area contributed by atoms with Crippen LogP contribution < -0.4 is 5.32 Å². The molecular formula is C32H46Cl3N5O3. The molecule has 43 heavy (non-hydrogen) atoms. The molecule has 8 nitrogen and oxygen atoms in total. The lowest BCUT2D eigenvalue weighted by Crippen LogP contribution is -2.15. The molecule has 0 radical (unpaired) electrons. The van der Waals surface area contributed by atoms with Crippen LogP contribution in [0.1, 0.15) is 123 Å². The van der Waals surface area contributed by atoms with Gasteiger partial charge in [-0.05, 0) is 18.6 Å². The summed E-state index contributed by atoms with van der Waals surface area (Å²) in [5, 5.41) is 12.8. The number of benzene rings is 1. The topological polar surface area (TPSA) is 101 Å². The van der Waals surface area contributed by atoms with Crippen molar-refractivity contribution in [2.75, 3.05) is 11.9 Å². The van der Waals surface area contributed by atoms with Gasteiger partial charge in [0.2, 0.25) is 5.91 Å². The van der Waals surface area contributed by atoms with Gasteiger partial charge in [-0.15, -0.1) is 9.73 Å². The van der Waals surface area contributed by atoms with Gasteiger partial charge in [-0.3, -0.25) is 9.59 Å². The van der Waals surface area contributed by atoms with Gasteiger partial charge >= 0.3 is 5.97 Å². The lowest BCUT2D eigenvalue weighted by atomic mass is 9.92. The maximum Gasteiger partial charge on any atom is 0.306 e. The second-order valence-electron chi connectivity index (χ2n) is 12.2. The Morgan fingerprint density at radius 3 is 1.95 bits per heavy atom. The van der Waals surface area contributed by atoms with Crippen LogP contribution in [0.25, 0.3) is 17.0 Å². The number of anilines is 1. The van der Waals surface area contributed by atoms with E-state index in [9.17, 15) is 9.59 Å². The molecule has 0 unspecified atom stereocenters. The summed E-state index contributed by atoms with van der Waals surface area (Å²) in [6.45, 7) is 8.70. The number of fused-ring (bicyclic) bond motifs is 1. The van der Waals surface area contributed by atoms with E-state index in [1.807, 2.05) is 20.8 Å². The van der Waals surface area contributed by atoms with Crippen LogP contribution in [0.4, 0.5) is 5.69 Å². The third-order valence-corrected chi connectivity index (χ3v) is 8.29. The summed E-state index contributed by atoms with van der Waals surface area (Å²) in [7, 11) is 0. The van der Waals surface area contributed by atoms with Gasteiger partial charge in [0.15, 0.2) is 11.5 Å². The van der Waals surface area contributed by atoms with Crippen molar-refractivity contribution in [1.29, 1.82) is 0 Å². The maximum atomic E-state index is 12.5. The highest BCUT2D eigenvalue weighted by Crippen LogP contribution is 2.38. The van der Waals surface area contributed by atoms with Crippen molar-refractivity contribution in [2.45, 2.75) is 123 Å². The standard InChI is InChI=1S/C32H46Cl3N5O3/c1-5-6-7-8-9-10-11-12-13-14-15-16-19-43-26(42)18-17-25(41)36-22-20-23(33)27(24(34)21-22)30-37-31-28(35)29(32(2,3)4)38-40(31)39-30/h20-21H,5-19H2,1-4H3,(H,36,41)(H,37,39). The average molecular weight is 655 g/mol.